The molecule has 2 aromatic rings. The predicted molar refractivity (Wildman–Crippen MR) is 162 cm³/mol. The van der Waals surface area contributed by atoms with E-state index in [-0.39, 0.29) is 24.8 Å². The molecule has 226 valence electrons. The molecule has 42 heavy (non-hydrogen) atoms. The van der Waals surface area contributed by atoms with E-state index in [1.165, 1.54) is 11.3 Å². The maximum absolute atomic E-state index is 14.1. The molecule has 1 aliphatic carbocycles. The Bertz CT molecular complexity index is 1280. The fourth-order valence-electron chi connectivity index (χ4n) is 6.19. The molecule has 9 heteroatoms. The summed E-state index contributed by atoms with van der Waals surface area (Å²) in [6.45, 7) is 6.91. The van der Waals surface area contributed by atoms with Crippen LogP contribution in [0, 0.1) is 12.8 Å². The van der Waals surface area contributed by atoms with Crippen molar-refractivity contribution in [3.63, 3.8) is 0 Å². The van der Waals surface area contributed by atoms with Crippen molar-refractivity contribution >= 4 is 29.5 Å². The molecule has 3 atom stereocenters. The van der Waals surface area contributed by atoms with E-state index < -0.39 is 35.6 Å². The molecule has 1 heterocycles. The lowest BCUT2D eigenvalue weighted by molar-refractivity contribution is -0.129. The maximum atomic E-state index is 14.1. The number of carbonyl (C=O) groups excluding carboxylic acids is 4. The second-order valence-electron chi connectivity index (χ2n) is 12.6. The summed E-state index contributed by atoms with van der Waals surface area (Å²) in [5.74, 6) is -1.15. The molecular weight excluding hydrogens is 532 g/mol. The monoisotopic (exact) mass is 576 g/mol. The summed E-state index contributed by atoms with van der Waals surface area (Å²) in [7, 11) is 0. The lowest BCUT2D eigenvalue weighted by Gasteiger charge is -2.32. The van der Waals surface area contributed by atoms with Gasteiger partial charge in [0.2, 0.25) is 17.7 Å². The molecule has 0 saturated heterocycles. The molecule has 4 rings (SSSR count). The minimum absolute atomic E-state index is 0.0133. The lowest BCUT2D eigenvalue weighted by Crippen LogP contribution is -2.56. The molecular formula is C33H44N4O5. The Kier molecular flexibility index (Phi) is 9.91. The van der Waals surface area contributed by atoms with E-state index in [1.807, 2.05) is 49.4 Å². The number of nitrogens with two attached hydrogens (primary N) is 1. The number of ether oxygens (including phenoxy) is 1. The first kappa shape index (κ1) is 31.1. The normalized spacial score (nSPS) is 20.2. The third-order valence-electron chi connectivity index (χ3n) is 8.07. The van der Waals surface area contributed by atoms with Gasteiger partial charge in [-0.05, 0) is 81.5 Å². The first-order valence-electron chi connectivity index (χ1n) is 15.0. The summed E-state index contributed by atoms with van der Waals surface area (Å²) in [4.78, 5) is 54.3. The van der Waals surface area contributed by atoms with Gasteiger partial charge in [-0.25, -0.2) is 4.79 Å². The van der Waals surface area contributed by atoms with Gasteiger partial charge in [-0.2, -0.15) is 0 Å². The number of alkyl carbamates (subject to hydrolysis) is 1. The van der Waals surface area contributed by atoms with Crippen LogP contribution in [-0.2, 0) is 25.5 Å². The standard InChI is InChI=1S/C33H44N4O5/c1-21-15-16-24-25(23-13-9-6-10-14-23)19-27(31(40)37(20-29(34)38)28(24)17-21)35-30(39)26(18-22-11-7-5-8-12-22)36-32(41)42-33(2,3)4/h5,7-8,11-12,15-17,23,25-27H,6,9-10,13-14,18-20H2,1-4H3,(H2,34,38)(H,35,39)(H,36,41). The summed E-state index contributed by atoms with van der Waals surface area (Å²) in [6, 6.07) is 13.5. The van der Waals surface area contributed by atoms with Gasteiger partial charge in [-0.15, -0.1) is 0 Å². The molecule has 2 aromatic carbocycles. The van der Waals surface area contributed by atoms with Crippen molar-refractivity contribution in [3.8, 4) is 0 Å². The highest BCUT2D eigenvalue weighted by molar-refractivity contribution is 6.04. The molecule has 9 nitrogen and oxygen atoms in total. The summed E-state index contributed by atoms with van der Waals surface area (Å²) < 4.78 is 5.44. The van der Waals surface area contributed by atoms with Gasteiger partial charge >= 0.3 is 6.09 Å². The van der Waals surface area contributed by atoms with Crippen LogP contribution < -0.4 is 21.3 Å². The van der Waals surface area contributed by atoms with Crippen molar-refractivity contribution in [2.75, 3.05) is 11.4 Å². The highest BCUT2D eigenvalue weighted by atomic mass is 16.6. The Balaban J connectivity index is 1.67. The van der Waals surface area contributed by atoms with Gasteiger partial charge in [0, 0.05) is 12.1 Å². The fourth-order valence-corrected chi connectivity index (χ4v) is 6.19. The average Bonchev–Trinajstić information content (AvgIpc) is 3.03. The van der Waals surface area contributed by atoms with Crippen LogP contribution in [0.1, 0.15) is 81.9 Å². The molecule has 0 spiro atoms. The van der Waals surface area contributed by atoms with E-state index >= 15 is 0 Å². The van der Waals surface area contributed by atoms with Gasteiger partial charge in [0.15, 0.2) is 0 Å². The van der Waals surface area contributed by atoms with E-state index in [0.29, 0.717) is 18.0 Å². The average molecular weight is 577 g/mol. The number of amides is 4. The second-order valence-corrected chi connectivity index (χ2v) is 12.6. The summed E-state index contributed by atoms with van der Waals surface area (Å²) in [5.41, 5.74) is 8.36. The Morgan fingerprint density at radius 1 is 1.05 bits per heavy atom. The zero-order valence-corrected chi connectivity index (χ0v) is 25.2. The van der Waals surface area contributed by atoms with Gasteiger partial charge in [-0.3, -0.25) is 14.4 Å². The van der Waals surface area contributed by atoms with Crippen LogP contribution in [0.4, 0.5) is 10.5 Å². The van der Waals surface area contributed by atoms with Crippen molar-refractivity contribution in [1.82, 2.24) is 10.6 Å². The SMILES string of the molecule is Cc1ccc2c(c1)N(CC(N)=O)C(=O)C(NC(=O)C(Cc1ccccc1)NC(=O)OC(C)(C)C)CC2C1CCCCC1. The molecule has 3 unspecified atom stereocenters. The van der Waals surface area contributed by atoms with Crippen LogP contribution >= 0.6 is 0 Å². The third kappa shape index (κ3) is 8.11. The lowest BCUT2D eigenvalue weighted by atomic mass is 9.74. The molecule has 1 fully saturated rings. The molecule has 1 aliphatic heterocycles. The largest absolute Gasteiger partial charge is 0.444 e. The van der Waals surface area contributed by atoms with Crippen molar-refractivity contribution in [2.24, 2.45) is 11.7 Å². The number of nitrogens with zero attached hydrogens (tertiary/aromatic N) is 1. The second kappa shape index (κ2) is 13.4. The number of primary amides is 1. The highest BCUT2D eigenvalue weighted by Crippen LogP contribution is 2.44. The fraction of sp³-hybridized carbons (Fsp3) is 0.515. The smallest absolute Gasteiger partial charge is 0.408 e. The maximum Gasteiger partial charge on any atom is 0.408 e. The first-order valence-corrected chi connectivity index (χ1v) is 15.0. The van der Waals surface area contributed by atoms with Crippen LogP contribution in [0.5, 0.6) is 0 Å². The summed E-state index contributed by atoms with van der Waals surface area (Å²) in [5, 5.41) is 5.68. The number of rotatable bonds is 8. The van der Waals surface area contributed by atoms with Crippen LogP contribution in [0.15, 0.2) is 48.5 Å². The van der Waals surface area contributed by atoms with E-state index in [1.54, 1.807) is 20.8 Å². The zero-order valence-electron chi connectivity index (χ0n) is 25.2. The third-order valence-corrected chi connectivity index (χ3v) is 8.07. The Labute approximate surface area is 248 Å². The van der Waals surface area contributed by atoms with Gasteiger partial charge in [0.05, 0.1) is 0 Å². The topological polar surface area (TPSA) is 131 Å². The molecule has 4 amide bonds. The summed E-state index contributed by atoms with van der Waals surface area (Å²) in [6.07, 6.45) is 5.40. The highest BCUT2D eigenvalue weighted by Gasteiger charge is 2.40. The minimum atomic E-state index is -0.986. The van der Waals surface area contributed by atoms with Gasteiger partial charge in [-0.1, -0.05) is 61.7 Å². The molecule has 2 aliphatic rings. The molecule has 0 aromatic heterocycles. The number of hydrogen-bond donors (Lipinski definition) is 3. The van der Waals surface area contributed by atoms with Crippen molar-refractivity contribution in [3.05, 3.63) is 65.2 Å². The van der Waals surface area contributed by atoms with Crippen molar-refractivity contribution < 1.29 is 23.9 Å². The van der Waals surface area contributed by atoms with Crippen LogP contribution in [0.2, 0.25) is 0 Å². The Morgan fingerprint density at radius 3 is 2.38 bits per heavy atom. The van der Waals surface area contributed by atoms with Crippen molar-refractivity contribution in [1.29, 1.82) is 0 Å². The first-order chi connectivity index (χ1) is 19.9. The Morgan fingerprint density at radius 2 is 1.74 bits per heavy atom. The number of nitrogens with one attached hydrogen (secondary N) is 2. The Hall–Kier alpha value is -3.88. The predicted octanol–water partition coefficient (Wildman–Crippen LogP) is 4.50. The number of carbonyl (C=O) groups is 4. The van der Waals surface area contributed by atoms with E-state index in [9.17, 15) is 19.2 Å². The molecule has 0 bridgehead atoms. The summed E-state index contributed by atoms with van der Waals surface area (Å²) >= 11 is 0. The van der Waals surface area contributed by atoms with Crippen LogP contribution in [0.3, 0.4) is 0 Å². The van der Waals surface area contributed by atoms with Crippen LogP contribution in [0.25, 0.3) is 0 Å². The van der Waals surface area contributed by atoms with Gasteiger partial charge < -0.3 is 26.0 Å². The molecule has 4 N–H and O–H groups in total. The number of anilines is 1. The number of aryl methyl sites for hydroxylation is 1. The van der Waals surface area contributed by atoms with E-state index in [4.69, 9.17) is 10.5 Å². The van der Waals surface area contributed by atoms with E-state index in [2.05, 4.69) is 16.7 Å². The quantitative estimate of drug-likeness (QED) is 0.426. The van der Waals surface area contributed by atoms with Gasteiger partial charge in [0.25, 0.3) is 0 Å². The zero-order chi connectivity index (χ0) is 30.4. The van der Waals surface area contributed by atoms with E-state index in [0.717, 1.165) is 42.4 Å². The number of hydrogen-bond acceptors (Lipinski definition) is 5. The molecule has 0 radical (unpaired) electrons. The molecule has 1 saturated carbocycles. The van der Waals surface area contributed by atoms with Crippen LogP contribution in [-0.4, -0.2) is 48.0 Å². The van der Waals surface area contributed by atoms with Gasteiger partial charge in [0.1, 0.15) is 24.2 Å². The number of benzene rings is 2. The number of fused-ring (bicyclic) bond motifs is 1. The minimum Gasteiger partial charge on any atom is -0.444 e. The van der Waals surface area contributed by atoms with Crippen molar-refractivity contribution in [2.45, 2.75) is 96.2 Å².